The second-order valence-corrected chi connectivity index (χ2v) is 5.58. The van der Waals surface area contributed by atoms with Crippen LogP contribution < -0.4 is 10.1 Å². The molecule has 0 saturated heterocycles. The molecule has 0 aliphatic rings. The summed E-state index contributed by atoms with van der Waals surface area (Å²) in [4.78, 5) is 11.5. The van der Waals surface area contributed by atoms with Crippen molar-refractivity contribution < 1.29 is 14.3 Å². The number of H-pyrrole nitrogens is 1. The van der Waals surface area contributed by atoms with Gasteiger partial charge in [0, 0.05) is 6.42 Å². The number of hydrogen-bond donors (Lipinski definition) is 2. The monoisotopic (exact) mass is 353 g/mol. The Bertz CT molecular complexity index is 807. The standard InChI is InChI=1S/C18H19N5O3/c1-25-18(24)19-16(17-20-22-23-21-17)11-13-7-9-15(10-8-13)26-12-14-5-3-2-4-6-14/h2-10,16H,11-12H2,1H3,(H,19,24)(H,20,21,22,23)/t16-/m0/s1. The summed E-state index contributed by atoms with van der Waals surface area (Å²) in [5, 5.41) is 16.5. The SMILES string of the molecule is COC(=O)N[C@@H](Cc1ccc(OCc2ccccc2)cc1)c1nn[nH]n1. The highest BCUT2D eigenvalue weighted by Crippen LogP contribution is 2.19. The number of aromatic nitrogens is 4. The minimum absolute atomic E-state index is 0.389. The first-order valence-electron chi connectivity index (χ1n) is 8.08. The number of tetrazole rings is 1. The third-order valence-electron chi connectivity index (χ3n) is 3.76. The molecular weight excluding hydrogens is 334 g/mol. The van der Waals surface area contributed by atoms with E-state index >= 15 is 0 Å². The number of methoxy groups -OCH3 is 1. The maximum atomic E-state index is 11.5. The average molecular weight is 353 g/mol. The first kappa shape index (κ1) is 17.4. The number of aromatic amines is 1. The van der Waals surface area contributed by atoms with Crippen LogP contribution in [-0.4, -0.2) is 33.8 Å². The lowest BCUT2D eigenvalue weighted by atomic mass is 10.1. The summed E-state index contributed by atoms with van der Waals surface area (Å²) in [6, 6.07) is 17.2. The van der Waals surface area contributed by atoms with Gasteiger partial charge in [-0.05, 0) is 23.3 Å². The predicted molar refractivity (Wildman–Crippen MR) is 93.4 cm³/mol. The first-order chi connectivity index (χ1) is 12.7. The quantitative estimate of drug-likeness (QED) is 0.676. The number of rotatable bonds is 7. The van der Waals surface area contributed by atoms with Gasteiger partial charge in [-0.25, -0.2) is 4.79 Å². The summed E-state index contributed by atoms with van der Waals surface area (Å²) in [5.74, 6) is 1.16. The first-order valence-corrected chi connectivity index (χ1v) is 8.08. The van der Waals surface area contributed by atoms with Gasteiger partial charge < -0.3 is 14.8 Å². The van der Waals surface area contributed by atoms with Gasteiger partial charge in [0.1, 0.15) is 18.4 Å². The van der Waals surface area contributed by atoms with Gasteiger partial charge in [0.25, 0.3) is 0 Å². The van der Waals surface area contributed by atoms with E-state index < -0.39 is 12.1 Å². The molecular formula is C18H19N5O3. The Morgan fingerprint density at radius 2 is 1.88 bits per heavy atom. The second kappa shape index (κ2) is 8.61. The number of amides is 1. The highest BCUT2D eigenvalue weighted by molar-refractivity contribution is 5.67. The molecule has 0 aliphatic carbocycles. The molecule has 26 heavy (non-hydrogen) atoms. The van der Waals surface area contributed by atoms with Crippen LogP contribution in [0.1, 0.15) is 23.0 Å². The van der Waals surface area contributed by atoms with Crippen LogP contribution in [0.15, 0.2) is 54.6 Å². The normalized spacial score (nSPS) is 11.6. The van der Waals surface area contributed by atoms with Crippen LogP contribution in [0.2, 0.25) is 0 Å². The van der Waals surface area contributed by atoms with Gasteiger partial charge in [-0.2, -0.15) is 5.21 Å². The zero-order chi connectivity index (χ0) is 18.2. The van der Waals surface area contributed by atoms with E-state index in [1.165, 1.54) is 7.11 Å². The molecule has 3 aromatic rings. The van der Waals surface area contributed by atoms with Gasteiger partial charge in [0.2, 0.25) is 0 Å². The Morgan fingerprint density at radius 1 is 1.12 bits per heavy atom. The lowest BCUT2D eigenvalue weighted by Gasteiger charge is -2.15. The number of carbonyl (C=O) groups excluding carboxylic acids is 1. The Kier molecular flexibility index (Phi) is 5.76. The molecule has 8 heteroatoms. The van der Waals surface area contributed by atoms with E-state index in [0.717, 1.165) is 16.9 Å². The maximum Gasteiger partial charge on any atom is 0.407 e. The van der Waals surface area contributed by atoms with Crippen LogP contribution in [0.25, 0.3) is 0 Å². The minimum Gasteiger partial charge on any atom is -0.489 e. The van der Waals surface area contributed by atoms with E-state index in [4.69, 9.17) is 4.74 Å². The van der Waals surface area contributed by atoms with E-state index in [2.05, 4.69) is 30.7 Å². The van der Waals surface area contributed by atoms with Crippen LogP contribution in [0.4, 0.5) is 4.79 Å². The number of nitrogens with zero attached hydrogens (tertiary/aromatic N) is 3. The smallest absolute Gasteiger partial charge is 0.407 e. The van der Waals surface area contributed by atoms with Crippen molar-refractivity contribution >= 4 is 6.09 Å². The molecule has 2 aromatic carbocycles. The third-order valence-corrected chi connectivity index (χ3v) is 3.76. The zero-order valence-corrected chi connectivity index (χ0v) is 14.3. The van der Waals surface area contributed by atoms with Crippen LogP contribution in [0.3, 0.4) is 0 Å². The molecule has 0 bridgehead atoms. The average Bonchev–Trinajstić information content (AvgIpc) is 3.22. The molecule has 2 N–H and O–H groups in total. The third kappa shape index (κ3) is 4.79. The molecule has 1 atom stereocenters. The molecule has 0 spiro atoms. The van der Waals surface area contributed by atoms with Crippen LogP contribution in [-0.2, 0) is 17.8 Å². The van der Waals surface area contributed by atoms with Crippen LogP contribution in [0.5, 0.6) is 5.75 Å². The molecule has 0 fully saturated rings. The van der Waals surface area contributed by atoms with Crippen LogP contribution >= 0.6 is 0 Å². The Morgan fingerprint density at radius 3 is 2.54 bits per heavy atom. The summed E-state index contributed by atoms with van der Waals surface area (Å²) in [6.45, 7) is 0.509. The van der Waals surface area contributed by atoms with E-state index in [-0.39, 0.29) is 0 Å². The van der Waals surface area contributed by atoms with E-state index in [0.29, 0.717) is 18.9 Å². The molecule has 0 aliphatic heterocycles. The highest BCUT2D eigenvalue weighted by Gasteiger charge is 2.19. The molecule has 0 unspecified atom stereocenters. The fraction of sp³-hybridized carbons (Fsp3) is 0.222. The molecule has 8 nitrogen and oxygen atoms in total. The number of alkyl carbamates (subject to hydrolysis) is 1. The van der Waals surface area contributed by atoms with E-state index in [9.17, 15) is 4.79 Å². The number of carbonyl (C=O) groups is 1. The molecule has 0 radical (unpaired) electrons. The minimum atomic E-state index is -0.553. The van der Waals surface area contributed by atoms with Crippen molar-refractivity contribution in [2.45, 2.75) is 19.1 Å². The van der Waals surface area contributed by atoms with E-state index in [1.54, 1.807) is 0 Å². The van der Waals surface area contributed by atoms with E-state index in [1.807, 2.05) is 54.6 Å². The molecule has 1 heterocycles. The highest BCUT2D eigenvalue weighted by atomic mass is 16.5. The Balaban J connectivity index is 1.62. The lowest BCUT2D eigenvalue weighted by molar-refractivity contribution is 0.166. The summed E-state index contributed by atoms with van der Waals surface area (Å²) < 4.78 is 10.4. The van der Waals surface area contributed by atoms with Crippen molar-refractivity contribution in [3.05, 3.63) is 71.5 Å². The number of benzene rings is 2. The molecule has 0 saturated carbocycles. The molecule has 1 amide bonds. The lowest BCUT2D eigenvalue weighted by Crippen LogP contribution is -2.30. The van der Waals surface area contributed by atoms with Crippen molar-refractivity contribution in [2.24, 2.45) is 0 Å². The fourth-order valence-electron chi connectivity index (χ4n) is 2.42. The Hall–Kier alpha value is -3.42. The van der Waals surface area contributed by atoms with Gasteiger partial charge >= 0.3 is 6.09 Å². The second-order valence-electron chi connectivity index (χ2n) is 5.58. The van der Waals surface area contributed by atoms with Crippen molar-refractivity contribution in [2.75, 3.05) is 7.11 Å². The van der Waals surface area contributed by atoms with Gasteiger partial charge in [-0.1, -0.05) is 47.7 Å². The van der Waals surface area contributed by atoms with Crippen LogP contribution in [0, 0.1) is 0 Å². The Labute approximate surface area is 150 Å². The van der Waals surface area contributed by atoms with Crippen molar-refractivity contribution in [3.8, 4) is 5.75 Å². The molecule has 134 valence electrons. The topological polar surface area (TPSA) is 102 Å². The number of ether oxygens (including phenoxy) is 2. The van der Waals surface area contributed by atoms with Gasteiger partial charge in [0.05, 0.1) is 7.11 Å². The van der Waals surface area contributed by atoms with Crippen molar-refractivity contribution in [1.82, 2.24) is 25.9 Å². The largest absolute Gasteiger partial charge is 0.489 e. The van der Waals surface area contributed by atoms with Gasteiger partial charge in [-0.3, -0.25) is 0 Å². The predicted octanol–water partition coefficient (Wildman–Crippen LogP) is 2.42. The summed E-state index contributed by atoms with van der Waals surface area (Å²) in [7, 11) is 1.31. The maximum absolute atomic E-state index is 11.5. The summed E-state index contributed by atoms with van der Waals surface area (Å²) in [6.07, 6.45) is -0.0595. The summed E-state index contributed by atoms with van der Waals surface area (Å²) in [5.41, 5.74) is 2.10. The summed E-state index contributed by atoms with van der Waals surface area (Å²) >= 11 is 0. The van der Waals surface area contributed by atoms with Crippen molar-refractivity contribution in [3.63, 3.8) is 0 Å². The van der Waals surface area contributed by atoms with Gasteiger partial charge in [0.15, 0.2) is 5.82 Å². The molecule has 1 aromatic heterocycles. The number of nitrogens with one attached hydrogen (secondary N) is 2. The number of hydrogen-bond acceptors (Lipinski definition) is 6. The van der Waals surface area contributed by atoms with Gasteiger partial charge in [-0.15, -0.1) is 10.2 Å². The fourth-order valence-corrected chi connectivity index (χ4v) is 2.42. The zero-order valence-electron chi connectivity index (χ0n) is 14.3. The molecule has 3 rings (SSSR count). The van der Waals surface area contributed by atoms with Crippen molar-refractivity contribution in [1.29, 1.82) is 0 Å².